The average Bonchev–Trinajstić information content (AvgIpc) is 2.25. The molecular formula is C16H32INO. The van der Waals surface area contributed by atoms with Crippen LogP contribution in [0, 0.1) is 16.7 Å². The van der Waals surface area contributed by atoms with E-state index in [1.165, 1.54) is 17.3 Å². The number of nitrogens with one attached hydrogen (secondary N) is 1. The highest BCUT2D eigenvalue weighted by Crippen LogP contribution is 2.30. The first kappa shape index (κ1) is 19.2. The molecule has 19 heavy (non-hydrogen) atoms. The molecule has 0 aliphatic heterocycles. The van der Waals surface area contributed by atoms with Crippen LogP contribution in [0.4, 0.5) is 0 Å². The Morgan fingerprint density at radius 1 is 1.21 bits per heavy atom. The van der Waals surface area contributed by atoms with Gasteiger partial charge in [-0.25, -0.2) is 0 Å². The van der Waals surface area contributed by atoms with Gasteiger partial charge in [0.2, 0.25) is 5.91 Å². The lowest BCUT2D eigenvalue weighted by molar-refractivity contribution is -0.123. The van der Waals surface area contributed by atoms with Gasteiger partial charge in [0.05, 0.1) is 0 Å². The lowest BCUT2D eigenvalue weighted by Crippen LogP contribution is -2.33. The molecule has 0 aliphatic carbocycles. The third kappa shape index (κ3) is 9.69. The van der Waals surface area contributed by atoms with Gasteiger partial charge in [0.15, 0.2) is 0 Å². The Hall–Kier alpha value is 0.200. The van der Waals surface area contributed by atoms with Gasteiger partial charge in [-0.15, -0.1) is 0 Å². The maximum atomic E-state index is 11.9. The van der Waals surface area contributed by atoms with Crippen molar-refractivity contribution in [3.8, 4) is 0 Å². The minimum Gasteiger partial charge on any atom is -0.356 e. The lowest BCUT2D eigenvalue weighted by Gasteiger charge is -2.28. The summed E-state index contributed by atoms with van der Waals surface area (Å²) in [5.74, 6) is 0.747. The van der Waals surface area contributed by atoms with Crippen LogP contribution in [0.3, 0.4) is 0 Å². The zero-order valence-electron chi connectivity index (χ0n) is 13.6. The van der Waals surface area contributed by atoms with E-state index in [9.17, 15) is 4.79 Å². The molecule has 1 amide bonds. The van der Waals surface area contributed by atoms with Gasteiger partial charge in [-0.2, -0.15) is 0 Å². The molecule has 1 unspecified atom stereocenters. The fourth-order valence-electron chi connectivity index (χ4n) is 2.28. The summed E-state index contributed by atoms with van der Waals surface area (Å²) in [7, 11) is 0. The van der Waals surface area contributed by atoms with Crippen molar-refractivity contribution in [3.63, 3.8) is 0 Å². The van der Waals surface area contributed by atoms with E-state index in [0.29, 0.717) is 17.8 Å². The van der Waals surface area contributed by atoms with Crippen LogP contribution in [0.25, 0.3) is 0 Å². The molecule has 0 bridgehead atoms. The monoisotopic (exact) mass is 381 g/mol. The van der Waals surface area contributed by atoms with E-state index in [1.54, 1.807) is 0 Å². The third-order valence-electron chi connectivity index (χ3n) is 3.92. The Labute approximate surface area is 133 Å². The molecule has 0 rings (SSSR count). The summed E-state index contributed by atoms with van der Waals surface area (Å²) in [5.41, 5.74) is 0.502. The minimum absolute atomic E-state index is 0.119. The largest absolute Gasteiger partial charge is 0.356 e. The molecule has 0 aromatic carbocycles. The smallest absolute Gasteiger partial charge is 0.220 e. The molecule has 0 radical (unpaired) electrons. The maximum absolute atomic E-state index is 11.9. The van der Waals surface area contributed by atoms with E-state index in [4.69, 9.17) is 0 Å². The van der Waals surface area contributed by atoms with Gasteiger partial charge in [0, 0.05) is 17.4 Å². The molecule has 2 nitrogen and oxygen atoms in total. The van der Waals surface area contributed by atoms with Crippen LogP contribution in [0.5, 0.6) is 0 Å². The van der Waals surface area contributed by atoms with Gasteiger partial charge >= 0.3 is 0 Å². The summed E-state index contributed by atoms with van der Waals surface area (Å²) >= 11 is 2.44. The number of amides is 1. The van der Waals surface area contributed by atoms with E-state index in [-0.39, 0.29) is 11.3 Å². The Balaban J connectivity index is 4.03. The molecule has 0 fully saturated rings. The Kier molecular flexibility index (Phi) is 8.57. The van der Waals surface area contributed by atoms with Crippen molar-refractivity contribution < 1.29 is 4.79 Å². The molecule has 0 aromatic rings. The zero-order valence-corrected chi connectivity index (χ0v) is 15.8. The molecule has 1 N–H and O–H groups in total. The van der Waals surface area contributed by atoms with Crippen molar-refractivity contribution in [2.75, 3.05) is 11.0 Å². The first-order valence-corrected chi connectivity index (χ1v) is 8.97. The SMILES string of the molecule is CCC(C)(C)CC(=O)NCC(C)CC(C)(C)CCI. The van der Waals surface area contributed by atoms with Gasteiger partial charge in [0.1, 0.15) is 0 Å². The summed E-state index contributed by atoms with van der Waals surface area (Å²) in [6.45, 7) is 14.1. The predicted molar refractivity (Wildman–Crippen MR) is 92.8 cm³/mol. The number of halogens is 1. The van der Waals surface area contributed by atoms with Gasteiger partial charge in [-0.1, -0.05) is 70.6 Å². The summed E-state index contributed by atoms with van der Waals surface area (Å²) in [5, 5.41) is 3.10. The minimum atomic E-state index is 0.119. The first-order valence-electron chi connectivity index (χ1n) is 7.44. The molecule has 0 spiro atoms. The molecule has 0 saturated heterocycles. The van der Waals surface area contributed by atoms with Crippen LogP contribution in [0.1, 0.15) is 67.2 Å². The Bertz CT molecular complexity index is 274. The van der Waals surface area contributed by atoms with Gasteiger partial charge in [-0.3, -0.25) is 4.79 Å². The number of alkyl halides is 1. The molecule has 0 heterocycles. The summed E-state index contributed by atoms with van der Waals surface area (Å²) in [4.78, 5) is 11.9. The fourth-order valence-corrected chi connectivity index (χ4v) is 3.74. The van der Waals surface area contributed by atoms with Crippen LogP contribution in [0.2, 0.25) is 0 Å². The zero-order chi connectivity index (χ0) is 15.1. The van der Waals surface area contributed by atoms with Crippen LogP contribution >= 0.6 is 22.6 Å². The van der Waals surface area contributed by atoms with Crippen molar-refractivity contribution >= 4 is 28.5 Å². The normalized spacial score (nSPS) is 14.3. The third-order valence-corrected chi connectivity index (χ3v) is 4.46. The summed E-state index contributed by atoms with van der Waals surface area (Å²) in [6, 6.07) is 0. The molecule has 1 atom stereocenters. The number of rotatable bonds is 9. The molecule has 3 heteroatoms. The van der Waals surface area contributed by atoms with Gasteiger partial charge < -0.3 is 5.32 Å². The van der Waals surface area contributed by atoms with E-state index >= 15 is 0 Å². The number of carbonyl (C=O) groups is 1. The van der Waals surface area contributed by atoms with Crippen molar-refractivity contribution in [2.24, 2.45) is 16.7 Å². The second-order valence-electron chi connectivity index (χ2n) is 7.41. The highest BCUT2D eigenvalue weighted by molar-refractivity contribution is 14.1. The average molecular weight is 381 g/mol. The van der Waals surface area contributed by atoms with E-state index in [0.717, 1.165) is 13.0 Å². The second-order valence-corrected chi connectivity index (χ2v) is 8.49. The van der Waals surface area contributed by atoms with Crippen molar-refractivity contribution in [2.45, 2.75) is 67.2 Å². The topological polar surface area (TPSA) is 29.1 Å². The predicted octanol–water partition coefficient (Wildman–Crippen LogP) is 4.81. The second kappa shape index (κ2) is 8.48. The fraction of sp³-hybridized carbons (Fsp3) is 0.938. The molecule has 0 saturated carbocycles. The molecular weight excluding hydrogens is 349 g/mol. The molecule has 114 valence electrons. The van der Waals surface area contributed by atoms with E-state index < -0.39 is 0 Å². The highest BCUT2D eigenvalue weighted by atomic mass is 127. The van der Waals surface area contributed by atoms with Gasteiger partial charge in [-0.05, 0) is 29.6 Å². The van der Waals surface area contributed by atoms with Crippen molar-refractivity contribution in [1.29, 1.82) is 0 Å². The number of hydrogen-bond donors (Lipinski definition) is 1. The van der Waals surface area contributed by atoms with Crippen molar-refractivity contribution in [1.82, 2.24) is 5.32 Å². The van der Waals surface area contributed by atoms with E-state index in [1.807, 2.05) is 0 Å². The standard InChI is InChI=1S/C16H32INO/c1-7-15(3,4)11-14(19)18-12-13(2)10-16(5,6)8-9-17/h13H,7-12H2,1-6H3,(H,18,19). The summed E-state index contributed by atoms with van der Waals surface area (Å²) < 4.78 is 1.20. The maximum Gasteiger partial charge on any atom is 0.220 e. The van der Waals surface area contributed by atoms with Crippen LogP contribution in [0.15, 0.2) is 0 Å². The highest BCUT2D eigenvalue weighted by Gasteiger charge is 2.22. The van der Waals surface area contributed by atoms with Crippen LogP contribution < -0.4 is 5.32 Å². The summed E-state index contributed by atoms with van der Waals surface area (Å²) in [6.07, 6.45) is 4.09. The lowest BCUT2D eigenvalue weighted by atomic mass is 9.81. The van der Waals surface area contributed by atoms with Gasteiger partial charge in [0.25, 0.3) is 0 Å². The van der Waals surface area contributed by atoms with E-state index in [2.05, 4.69) is 69.5 Å². The van der Waals surface area contributed by atoms with Crippen molar-refractivity contribution in [3.05, 3.63) is 0 Å². The number of hydrogen-bond acceptors (Lipinski definition) is 1. The van der Waals surface area contributed by atoms with Crippen LogP contribution in [-0.4, -0.2) is 16.9 Å². The number of carbonyl (C=O) groups excluding carboxylic acids is 1. The molecule has 0 aromatic heterocycles. The first-order chi connectivity index (χ1) is 8.62. The molecule has 0 aliphatic rings. The van der Waals surface area contributed by atoms with Crippen LogP contribution in [-0.2, 0) is 4.79 Å². The Morgan fingerprint density at radius 2 is 1.79 bits per heavy atom. The Morgan fingerprint density at radius 3 is 2.26 bits per heavy atom. The quantitative estimate of drug-likeness (QED) is 0.451.